The summed E-state index contributed by atoms with van der Waals surface area (Å²) in [6.45, 7) is 0. The number of halogens is 2. The van der Waals surface area contributed by atoms with Crippen molar-refractivity contribution < 1.29 is 5.11 Å². The van der Waals surface area contributed by atoms with Gasteiger partial charge in [-0.2, -0.15) is 0 Å². The molecule has 1 N–H and O–H groups in total. The van der Waals surface area contributed by atoms with Gasteiger partial charge in [-0.25, -0.2) is 0 Å². The van der Waals surface area contributed by atoms with Gasteiger partial charge < -0.3 is 5.11 Å². The highest BCUT2D eigenvalue weighted by molar-refractivity contribution is 7.10. The Morgan fingerprint density at radius 2 is 2.00 bits per heavy atom. The first-order valence-corrected chi connectivity index (χ1v) is 6.96. The van der Waals surface area contributed by atoms with E-state index in [4.69, 9.17) is 23.2 Å². The van der Waals surface area contributed by atoms with Crippen molar-refractivity contribution in [3.63, 3.8) is 0 Å². The molecule has 4 heteroatoms. The first kappa shape index (κ1) is 12.9. The lowest BCUT2D eigenvalue weighted by atomic mass is 10.1. The summed E-state index contributed by atoms with van der Waals surface area (Å²) in [5, 5.41) is 13.0. The van der Waals surface area contributed by atoms with Gasteiger partial charge in [0.1, 0.15) is 0 Å². The fourth-order valence-corrected chi connectivity index (χ4v) is 2.69. The van der Waals surface area contributed by atoms with Crippen LogP contribution >= 0.6 is 34.5 Å². The standard InChI is InChI=1S/C13H12Cl2OS/c14-10-5-3-9(8-11(10)15)4-6-12(16)13-2-1-7-17-13/h1-3,5,7-8,12,16H,4,6H2. The average Bonchev–Trinajstić information content (AvgIpc) is 2.84. The number of benzene rings is 1. The molecule has 2 rings (SSSR count). The summed E-state index contributed by atoms with van der Waals surface area (Å²) in [5.74, 6) is 0. The normalized spacial score (nSPS) is 12.6. The molecule has 1 aromatic carbocycles. The molecule has 0 saturated carbocycles. The lowest BCUT2D eigenvalue weighted by molar-refractivity contribution is 0.171. The molecule has 1 heterocycles. The van der Waals surface area contributed by atoms with E-state index in [1.165, 1.54) is 0 Å². The Balaban J connectivity index is 1.96. The Labute approximate surface area is 115 Å². The fourth-order valence-electron chi connectivity index (χ4n) is 1.62. The lowest BCUT2D eigenvalue weighted by Gasteiger charge is -2.08. The topological polar surface area (TPSA) is 20.2 Å². The molecule has 90 valence electrons. The fraction of sp³-hybridized carbons (Fsp3) is 0.231. The second-order valence-corrected chi connectivity index (χ2v) is 5.61. The predicted molar refractivity (Wildman–Crippen MR) is 74.1 cm³/mol. The van der Waals surface area contributed by atoms with Crippen molar-refractivity contribution in [2.24, 2.45) is 0 Å². The number of hydrogen-bond donors (Lipinski definition) is 1. The van der Waals surface area contributed by atoms with Crippen molar-refractivity contribution in [3.8, 4) is 0 Å². The monoisotopic (exact) mass is 286 g/mol. The smallest absolute Gasteiger partial charge is 0.0885 e. The van der Waals surface area contributed by atoms with E-state index >= 15 is 0 Å². The molecule has 0 amide bonds. The van der Waals surface area contributed by atoms with Gasteiger partial charge in [0.25, 0.3) is 0 Å². The van der Waals surface area contributed by atoms with Crippen LogP contribution in [0.4, 0.5) is 0 Å². The summed E-state index contributed by atoms with van der Waals surface area (Å²) in [6, 6.07) is 9.48. The van der Waals surface area contributed by atoms with E-state index in [0.717, 1.165) is 16.9 Å². The molecule has 0 aliphatic heterocycles. The third-order valence-electron chi connectivity index (χ3n) is 2.56. The van der Waals surface area contributed by atoms with E-state index in [1.54, 1.807) is 17.4 Å². The van der Waals surface area contributed by atoms with Crippen molar-refractivity contribution in [1.82, 2.24) is 0 Å². The van der Waals surface area contributed by atoms with E-state index in [1.807, 2.05) is 29.6 Å². The number of aliphatic hydroxyl groups excluding tert-OH is 1. The van der Waals surface area contributed by atoms with Crippen molar-refractivity contribution in [3.05, 3.63) is 56.2 Å². The van der Waals surface area contributed by atoms with Crippen LogP contribution in [0.2, 0.25) is 10.0 Å². The molecule has 1 aromatic heterocycles. The van der Waals surface area contributed by atoms with Gasteiger partial charge in [0.15, 0.2) is 0 Å². The summed E-state index contributed by atoms with van der Waals surface area (Å²) in [7, 11) is 0. The van der Waals surface area contributed by atoms with Crippen molar-refractivity contribution >= 4 is 34.5 Å². The van der Waals surface area contributed by atoms with Gasteiger partial charge in [-0.15, -0.1) is 11.3 Å². The Morgan fingerprint density at radius 1 is 1.18 bits per heavy atom. The molecular weight excluding hydrogens is 275 g/mol. The van der Waals surface area contributed by atoms with Gasteiger partial charge >= 0.3 is 0 Å². The molecule has 1 nitrogen and oxygen atoms in total. The first-order chi connectivity index (χ1) is 8.16. The van der Waals surface area contributed by atoms with Crippen LogP contribution < -0.4 is 0 Å². The molecule has 0 spiro atoms. The average molecular weight is 287 g/mol. The molecule has 2 aromatic rings. The molecule has 0 bridgehead atoms. The number of aryl methyl sites for hydroxylation is 1. The zero-order valence-electron chi connectivity index (χ0n) is 9.07. The van der Waals surface area contributed by atoms with E-state index < -0.39 is 6.10 Å². The van der Waals surface area contributed by atoms with E-state index in [0.29, 0.717) is 16.5 Å². The quantitative estimate of drug-likeness (QED) is 0.862. The van der Waals surface area contributed by atoms with Gasteiger partial charge in [0, 0.05) is 4.88 Å². The Hall–Kier alpha value is -0.540. The highest BCUT2D eigenvalue weighted by Crippen LogP contribution is 2.26. The van der Waals surface area contributed by atoms with Crippen LogP contribution in [0.3, 0.4) is 0 Å². The minimum atomic E-state index is -0.399. The van der Waals surface area contributed by atoms with Gasteiger partial charge in [0.2, 0.25) is 0 Å². The van der Waals surface area contributed by atoms with Crippen LogP contribution in [0.15, 0.2) is 35.7 Å². The van der Waals surface area contributed by atoms with Gasteiger partial charge in [-0.05, 0) is 42.0 Å². The summed E-state index contributed by atoms with van der Waals surface area (Å²) in [4.78, 5) is 1.00. The van der Waals surface area contributed by atoms with Crippen LogP contribution in [-0.2, 0) is 6.42 Å². The molecule has 1 atom stereocenters. The zero-order valence-corrected chi connectivity index (χ0v) is 11.4. The van der Waals surface area contributed by atoms with E-state index in [9.17, 15) is 5.11 Å². The van der Waals surface area contributed by atoms with Crippen LogP contribution in [0.5, 0.6) is 0 Å². The molecule has 0 fully saturated rings. The third kappa shape index (κ3) is 3.46. The molecule has 1 unspecified atom stereocenters. The van der Waals surface area contributed by atoms with Gasteiger partial charge in [-0.3, -0.25) is 0 Å². The molecule has 17 heavy (non-hydrogen) atoms. The maximum atomic E-state index is 9.95. The van der Waals surface area contributed by atoms with Crippen molar-refractivity contribution in [1.29, 1.82) is 0 Å². The first-order valence-electron chi connectivity index (χ1n) is 5.32. The van der Waals surface area contributed by atoms with Gasteiger partial charge in [-0.1, -0.05) is 35.3 Å². The maximum Gasteiger partial charge on any atom is 0.0885 e. The minimum Gasteiger partial charge on any atom is -0.388 e. The predicted octanol–water partition coefficient (Wildman–Crippen LogP) is 4.72. The molecule has 0 aliphatic carbocycles. The van der Waals surface area contributed by atoms with E-state index in [-0.39, 0.29) is 0 Å². The summed E-state index contributed by atoms with van der Waals surface area (Å²) < 4.78 is 0. The highest BCUT2D eigenvalue weighted by atomic mass is 35.5. The van der Waals surface area contributed by atoms with E-state index in [2.05, 4.69) is 0 Å². The molecule has 0 saturated heterocycles. The Morgan fingerprint density at radius 3 is 2.65 bits per heavy atom. The SMILES string of the molecule is OC(CCc1ccc(Cl)c(Cl)c1)c1cccs1. The second kappa shape index (κ2) is 5.87. The van der Waals surface area contributed by atoms with Crippen LogP contribution in [0, 0.1) is 0 Å². The number of hydrogen-bond acceptors (Lipinski definition) is 2. The maximum absolute atomic E-state index is 9.95. The zero-order chi connectivity index (χ0) is 12.3. The molecule has 0 radical (unpaired) electrons. The van der Waals surface area contributed by atoms with Crippen molar-refractivity contribution in [2.75, 3.05) is 0 Å². The van der Waals surface area contributed by atoms with Crippen LogP contribution in [0.1, 0.15) is 23.0 Å². The van der Waals surface area contributed by atoms with Crippen molar-refractivity contribution in [2.45, 2.75) is 18.9 Å². The molecular formula is C13H12Cl2OS. The largest absolute Gasteiger partial charge is 0.388 e. The minimum absolute atomic E-state index is 0.399. The number of aliphatic hydroxyl groups is 1. The number of thiophene rings is 1. The number of rotatable bonds is 4. The Bertz CT molecular complexity index is 482. The second-order valence-electron chi connectivity index (χ2n) is 3.82. The summed E-state index contributed by atoms with van der Waals surface area (Å²) in [5.41, 5.74) is 1.09. The van der Waals surface area contributed by atoms with Crippen LogP contribution in [0.25, 0.3) is 0 Å². The molecule has 0 aliphatic rings. The third-order valence-corrected chi connectivity index (χ3v) is 4.27. The van der Waals surface area contributed by atoms with Crippen LogP contribution in [-0.4, -0.2) is 5.11 Å². The lowest BCUT2D eigenvalue weighted by Crippen LogP contribution is -1.97. The summed E-state index contributed by atoms with van der Waals surface area (Å²) >= 11 is 13.4. The highest BCUT2D eigenvalue weighted by Gasteiger charge is 2.09. The Kier molecular flexibility index (Phi) is 4.46. The summed E-state index contributed by atoms with van der Waals surface area (Å²) in [6.07, 6.45) is 1.08. The van der Waals surface area contributed by atoms with Gasteiger partial charge in [0.05, 0.1) is 16.1 Å².